The number of methoxy groups -OCH3 is 1. The summed E-state index contributed by atoms with van der Waals surface area (Å²) in [7, 11) is 1.44. The topological polar surface area (TPSA) is 64.1 Å². The number of nitrogens with one attached hydrogen (secondary N) is 2. The van der Waals surface area contributed by atoms with Gasteiger partial charge in [0.2, 0.25) is 0 Å². The van der Waals surface area contributed by atoms with E-state index in [0.717, 1.165) is 23.4 Å². The highest BCUT2D eigenvalue weighted by atomic mass is 19.1. The molecule has 2 aromatic rings. The molecule has 0 saturated carbocycles. The van der Waals surface area contributed by atoms with Crippen LogP contribution in [0.4, 0.5) is 10.1 Å². The predicted molar refractivity (Wildman–Crippen MR) is 103 cm³/mol. The predicted octanol–water partition coefficient (Wildman–Crippen LogP) is 3.57. The molecule has 0 spiro atoms. The SMILES string of the molecule is CCNC(=NCc1ccc(OC)c(F)c1)Nc1ccc2c(c1)OCCCO2. The highest BCUT2D eigenvalue weighted by Crippen LogP contribution is 2.32. The Labute approximate surface area is 158 Å². The van der Waals surface area contributed by atoms with Crippen molar-refractivity contribution in [2.75, 3.05) is 32.2 Å². The number of fused-ring (bicyclic) bond motifs is 1. The normalized spacial score (nSPS) is 13.7. The van der Waals surface area contributed by atoms with E-state index in [1.54, 1.807) is 12.1 Å². The van der Waals surface area contributed by atoms with Crippen LogP contribution in [0.5, 0.6) is 17.2 Å². The van der Waals surface area contributed by atoms with Crippen molar-refractivity contribution in [3.05, 3.63) is 47.8 Å². The van der Waals surface area contributed by atoms with Crippen molar-refractivity contribution in [2.45, 2.75) is 19.9 Å². The van der Waals surface area contributed by atoms with Crippen molar-refractivity contribution in [3.63, 3.8) is 0 Å². The zero-order chi connectivity index (χ0) is 19.1. The van der Waals surface area contributed by atoms with Gasteiger partial charge in [-0.2, -0.15) is 0 Å². The number of benzene rings is 2. The molecule has 3 rings (SSSR count). The Morgan fingerprint density at radius 1 is 1.15 bits per heavy atom. The quantitative estimate of drug-likeness (QED) is 0.620. The average Bonchev–Trinajstić information content (AvgIpc) is 2.91. The molecule has 144 valence electrons. The summed E-state index contributed by atoms with van der Waals surface area (Å²) in [6, 6.07) is 10.5. The minimum absolute atomic E-state index is 0.222. The van der Waals surface area contributed by atoms with E-state index >= 15 is 0 Å². The van der Waals surface area contributed by atoms with Crippen molar-refractivity contribution in [2.24, 2.45) is 4.99 Å². The van der Waals surface area contributed by atoms with Crippen LogP contribution < -0.4 is 24.8 Å². The molecular formula is C20H24FN3O3. The summed E-state index contributed by atoms with van der Waals surface area (Å²) in [4.78, 5) is 4.52. The van der Waals surface area contributed by atoms with E-state index in [0.29, 0.717) is 38.0 Å². The van der Waals surface area contributed by atoms with E-state index in [9.17, 15) is 4.39 Å². The zero-order valence-corrected chi connectivity index (χ0v) is 15.5. The lowest BCUT2D eigenvalue weighted by Crippen LogP contribution is -2.30. The fraction of sp³-hybridized carbons (Fsp3) is 0.350. The molecule has 0 aliphatic carbocycles. The van der Waals surface area contributed by atoms with E-state index in [2.05, 4.69) is 15.6 Å². The van der Waals surface area contributed by atoms with Gasteiger partial charge < -0.3 is 24.8 Å². The first-order valence-corrected chi connectivity index (χ1v) is 8.97. The van der Waals surface area contributed by atoms with Crippen LogP contribution in [0.2, 0.25) is 0 Å². The summed E-state index contributed by atoms with van der Waals surface area (Å²) in [6.07, 6.45) is 0.861. The Morgan fingerprint density at radius 2 is 1.96 bits per heavy atom. The standard InChI is InChI=1S/C20H24FN3O3/c1-3-22-20(23-13-14-5-7-17(25-2)16(21)11-14)24-15-6-8-18-19(12-15)27-10-4-9-26-18/h5-8,11-12H,3-4,9-10,13H2,1-2H3,(H2,22,23,24). The molecule has 0 amide bonds. The average molecular weight is 373 g/mol. The summed E-state index contributed by atoms with van der Waals surface area (Å²) >= 11 is 0. The first kappa shape index (κ1) is 18.8. The Morgan fingerprint density at radius 3 is 2.70 bits per heavy atom. The van der Waals surface area contributed by atoms with Crippen molar-refractivity contribution >= 4 is 11.6 Å². The molecule has 2 aromatic carbocycles. The number of guanidine groups is 1. The summed E-state index contributed by atoms with van der Waals surface area (Å²) < 4.78 is 30.1. The van der Waals surface area contributed by atoms with E-state index < -0.39 is 5.82 Å². The molecule has 0 saturated heterocycles. The van der Waals surface area contributed by atoms with Gasteiger partial charge in [-0.15, -0.1) is 0 Å². The van der Waals surface area contributed by atoms with E-state index in [1.807, 2.05) is 25.1 Å². The lowest BCUT2D eigenvalue weighted by atomic mass is 10.2. The van der Waals surface area contributed by atoms with E-state index in [4.69, 9.17) is 14.2 Å². The molecule has 7 heteroatoms. The molecule has 6 nitrogen and oxygen atoms in total. The third-order valence-corrected chi connectivity index (χ3v) is 3.99. The van der Waals surface area contributed by atoms with Gasteiger partial charge in [0.1, 0.15) is 0 Å². The first-order valence-electron chi connectivity index (χ1n) is 8.97. The van der Waals surface area contributed by atoms with E-state index in [1.165, 1.54) is 13.2 Å². The smallest absolute Gasteiger partial charge is 0.196 e. The number of nitrogens with zero attached hydrogens (tertiary/aromatic N) is 1. The van der Waals surface area contributed by atoms with Gasteiger partial charge in [0.05, 0.1) is 26.9 Å². The third-order valence-electron chi connectivity index (χ3n) is 3.99. The Hall–Kier alpha value is -2.96. The summed E-state index contributed by atoms with van der Waals surface area (Å²) in [5.74, 6) is 1.88. The van der Waals surface area contributed by atoms with Crippen LogP contribution in [-0.2, 0) is 6.54 Å². The molecule has 0 atom stereocenters. The molecule has 1 heterocycles. The van der Waals surface area contributed by atoms with Gasteiger partial charge in [-0.1, -0.05) is 6.07 Å². The van der Waals surface area contributed by atoms with Gasteiger partial charge in [-0.3, -0.25) is 0 Å². The molecule has 0 radical (unpaired) electrons. The number of hydrogen-bond acceptors (Lipinski definition) is 4. The third kappa shape index (κ3) is 5.03. The van der Waals surface area contributed by atoms with Crippen molar-refractivity contribution in [1.29, 1.82) is 0 Å². The minimum Gasteiger partial charge on any atom is -0.494 e. The molecular weight excluding hydrogens is 349 g/mol. The number of halogens is 1. The van der Waals surface area contributed by atoms with Gasteiger partial charge in [0.25, 0.3) is 0 Å². The Kier molecular flexibility index (Phi) is 6.35. The second kappa shape index (κ2) is 9.12. The van der Waals surface area contributed by atoms with Gasteiger partial charge in [0.15, 0.2) is 29.0 Å². The highest BCUT2D eigenvalue weighted by Gasteiger charge is 2.11. The minimum atomic E-state index is -0.397. The fourth-order valence-electron chi connectivity index (χ4n) is 2.66. The number of rotatable bonds is 5. The van der Waals surface area contributed by atoms with Crippen molar-refractivity contribution in [1.82, 2.24) is 5.32 Å². The Balaban J connectivity index is 1.72. The maximum Gasteiger partial charge on any atom is 0.196 e. The number of ether oxygens (including phenoxy) is 3. The van der Waals surface area contributed by atoms with Crippen LogP contribution in [0, 0.1) is 5.82 Å². The van der Waals surface area contributed by atoms with Crippen molar-refractivity contribution in [3.8, 4) is 17.2 Å². The van der Waals surface area contributed by atoms with E-state index in [-0.39, 0.29) is 5.75 Å². The number of anilines is 1. The largest absolute Gasteiger partial charge is 0.494 e. The summed E-state index contributed by atoms with van der Waals surface area (Å²) in [5, 5.41) is 6.42. The number of aliphatic imine (C=N–C) groups is 1. The lowest BCUT2D eigenvalue weighted by molar-refractivity contribution is 0.297. The van der Waals surface area contributed by atoms with Crippen LogP contribution in [0.15, 0.2) is 41.4 Å². The fourth-order valence-corrected chi connectivity index (χ4v) is 2.66. The van der Waals surface area contributed by atoms with Gasteiger partial charge in [-0.05, 0) is 36.8 Å². The van der Waals surface area contributed by atoms with Crippen LogP contribution in [-0.4, -0.2) is 32.8 Å². The monoisotopic (exact) mass is 373 g/mol. The van der Waals surface area contributed by atoms with Gasteiger partial charge in [-0.25, -0.2) is 9.38 Å². The maximum atomic E-state index is 13.8. The molecule has 0 bridgehead atoms. The second-order valence-corrected chi connectivity index (χ2v) is 6.00. The molecule has 2 N–H and O–H groups in total. The van der Waals surface area contributed by atoms with Crippen LogP contribution in [0.3, 0.4) is 0 Å². The molecule has 1 aliphatic rings. The first-order chi connectivity index (χ1) is 13.2. The van der Waals surface area contributed by atoms with Gasteiger partial charge in [0, 0.05) is 24.7 Å². The molecule has 27 heavy (non-hydrogen) atoms. The molecule has 0 fully saturated rings. The second-order valence-electron chi connectivity index (χ2n) is 6.00. The van der Waals surface area contributed by atoms with Gasteiger partial charge >= 0.3 is 0 Å². The molecule has 1 aliphatic heterocycles. The zero-order valence-electron chi connectivity index (χ0n) is 15.5. The molecule has 0 unspecified atom stereocenters. The Bertz CT molecular complexity index is 811. The summed E-state index contributed by atoms with van der Waals surface area (Å²) in [6.45, 7) is 4.31. The lowest BCUT2D eigenvalue weighted by Gasteiger charge is -2.14. The van der Waals surface area contributed by atoms with Crippen LogP contribution in [0.25, 0.3) is 0 Å². The maximum absolute atomic E-state index is 13.8. The van der Waals surface area contributed by atoms with Crippen molar-refractivity contribution < 1.29 is 18.6 Å². The van der Waals surface area contributed by atoms with Crippen LogP contribution >= 0.6 is 0 Å². The summed E-state index contributed by atoms with van der Waals surface area (Å²) in [5.41, 5.74) is 1.59. The van der Waals surface area contributed by atoms with Crippen LogP contribution in [0.1, 0.15) is 18.9 Å². The molecule has 0 aromatic heterocycles. The highest BCUT2D eigenvalue weighted by molar-refractivity contribution is 5.93. The number of hydrogen-bond donors (Lipinski definition) is 2.